The summed E-state index contributed by atoms with van der Waals surface area (Å²) in [5, 5.41) is 9.46. The first-order valence-corrected chi connectivity index (χ1v) is 6.73. The van der Waals surface area contributed by atoms with E-state index >= 15 is 0 Å². The molecule has 15 heavy (non-hydrogen) atoms. The topological polar surface area (TPSA) is 78.4 Å². The van der Waals surface area contributed by atoms with E-state index in [1.807, 2.05) is 20.8 Å². The van der Waals surface area contributed by atoms with Crippen molar-refractivity contribution in [3.8, 4) is 0 Å². The molecule has 0 amide bonds. The Balaban J connectivity index is 2.49. The van der Waals surface area contributed by atoms with Gasteiger partial charge < -0.3 is 5.11 Å². The predicted octanol–water partition coefficient (Wildman–Crippen LogP) is -0.0202. The van der Waals surface area contributed by atoms with Crippen molar-refractivity contribution in [2.75, 3.05) is 6.54 Å². The van der Waals surface area contributed by atoms with Gasteiger partial charge in [0.15, 0.2) is 0 Å². The first kappa shape index (κ1) is 12.9. The molecule has 1 fully saturated rings. The summed E-state index contributed by atoms with van der Waals surface area (Å²) in [6, 6.07) is -0.179. The maximum absolute atomic E-state index is 11.5. The Hall–Kier alpha value is -0.170. The molecule has 0 spiro atoms. The van der Waals surface area contributed by atoms with E-state index < -0.39 is 16.3 Å². The van der Waals surface area contributed by atoms with Crippen LogP contribution in [0.4, 0.5) is 0 Å². The lowest BCUT2D eigenvalue weighted by atomic mass is 9.65. The smallest absolute Gasteiger partial charge is 0.277 e. The van der Waals surface area contributed by atoms with Crippen LogP contribution in [-0.4, -0.2) is 32.2 Å². The summed E-state index contributed by atoms with van der Waals surface area (Å²) in [7, 11) is -3.41. The minimum atomic E-state index is -3.41. The van der Waals surface area contributed by atoms with Crippen molar-refractivity contribution in [3.63, 3.8) is 0 Å². The van der Waals surface area contributed by atoms with Crippen LogP contribution in [-0.2, 0) is 10.2 Å². The van der Waals surface area contributed by atoms with Gasteiger partial charge in [0.2, 0.25) is 0 Å². The van der Waals surface area contributed by atoms with Gasteiger partial charge in [0, 0.05) is 18.0 Å². The van der Waals surface area contributed by atoms with Gasteiger partial charge in [0.05, 0.1) is 6.10 Å². The van der Waals surface area contributed by atoms with Crippen LogP contribution in [0.2, 0.25) is 0 Å². The Morgan fingerprint density at radius 1 is 1.47 bits per heavy atom. The zero-order chi connectivity index (χ0) is 11.7. The van der Waals surface area contributed by atoms with E-state index in [2.05, 4.69) is 9.44 Å². The Labute approximate surface area is 91.4 Å². The van der Waals surface area contributed by atoms with Gasteiger partial charge >= 0.3 is 0 Å². The fourth-order valence-corrected chi connectivity index (χ4v) is 2.90. The van der Waals surface area contributed by atoms with Gasteiger partial charge in [0.1, 0.15) is 0 Å². The molecule has 1 saturated carbocycles. The predicted molar refractivity (Wildman–Crippen MR) is 58.5 cm³/mol. The molecule has 0 aliphatic heterocycles. The van der Waals surface area contributed by atoms with Crippen LogP contribution in [0, 0.1) is 5.41 Å². The average Bonchev–Trinajstić information content (AvgIpc) is 2.14. The molecule has 1 aliphatic rings. The van der Waals surface area contributed by atoms with Crippen LogP contribution in [0.3, 0.4) is 0 Å². The van der Waals surface area contributed by atoms with E-state index in [4.69, 9.17) is 0 Å². The Kier molecular flexibility index (Phi) is 3.76. The largest absolute Gasteiger partial charge is 0.392 e. The minimum Gasteiger partial charge on any atom is -0.392 e. The molecular weight excluding hydrogens is 216 g/mol. The molecule has 5 nitrogen and oxygen atoms in total. The SMILES string of the molecule is CCCNS(=O)(=O)NC1CC(O)C1(C)C. The molecule has 0 saturated heterocycles. The summed E-state index contributed by atoms with van der Waals surface area (Å²) in [6.45, 7) is 6.05. The van der Waals surface area contributed by atoms with Gasteiger partial charge in [-0.25, -0.2) is 4.72 Å². The molecule has 1 rings (SSSR count). The summed E-state index contributed by atoms with van der Waals surface area (Å²) in [4.78, 5) is 0. The fourth-order valence-electron chi connectivity index (χ4n) is 1.57. The third-order valence-electron chi connectivity index (χ3n) is 3.06. The molecule has 0 aromatic carbocycles. The molecule has 90 valence electrons. The number of aliphatic hydroxyl groups excluding tert-OH is 1. The Morgan fingerprint density at radius 3 is 2.47 bits per heavy atom. The van der Waals surface area contributed by atoms with Gasteiger partial charge in [-0.3, -0.25) is 0 Å². The lowest BCUT2D eigenvalue weighted by molar-refractivity contribution is -0.0646. The van der Waals surface area contributed by atoms with Crippen LogP contribution in [0.25, 0.3) is 0 Å². The zero-order valence-corrected chi connectivity index (χ0v) is 10.3. The maximum atomic E-state index is 11.5. The summed E-state index contributed by atoms with van der Waals surface area (Å²) in [5.74, 6) is 0. The monoisotopic (exact) mass is 236 g/mol. The van der Waals surface area contributed by atoms with Crippen LogP contribution in [0.1, 0.15) is 33.6 Å². The van der Waals surface area contributed by atoms with Crippen molar-refractivity contribution < 1.29 is 13.5 Å². The van der Waals surface area contributed by atoms with Crippen molar-refractivity contribution in [2.45, 2.75) is 45.8 Å². The fraction of sp³-hybridized carbons (Fsp3) is 1.00. The van der Waals surface area contributed by atoms with E-state index in [-0.39, 0.29) is 11.5 Å². The van der Waals surface area contributed by atoms with Crippen molar-refractivity contribution in [1.82, 2.24) is 9.44 Å². The molecule has 1 aliphatic carbocycles. The molecule has 0 aromatic rings. The zero-order valence-electron chi connectivity index (χ0n) is 9.45. The van der Waals surface area contributed by atoms with E-state index in [1.54, 1.807) is 0 Å². The van der Waals surface area contributed by atoms with E-state index in [1.165, 1.54) is 0 Å². The summed E-state index contributed by atoms with van der Waals surface area (Å²) < 4.78 is 28.0. The summed E-state index contributed by atoms with van der Waals surface area (Å²) in [5.41, 5.74) is -0.374. The highest BCUT2D eigenvalue weighted by Gasteiger charge is 2.48. The maximum Gasteiger partial charge on any atom is 0.277 e. The molecule has 3 N–H and O–H groups in total. The quantitative estimate of drug-likeness (QED) is 0.628. The normalized spacial score (nSPS) is 29.9. The van der Waals surface area contributed by atoms with Crippen LogP contribution >= 0.6 is 0 Å². The van der Waals surface area contributed by atoms with E-state index in [9.17, 15) is 13.5 Å². The van der Waals surface area contributed by atoms with E-state index in [0.29, 0.717) is 13.0 Å². The summed E-state index contributed by atoms with van der Waals surface area (Å²) >= 11 is 0. The van der Waals surface area contributed by atoms with Crippen molar-refractivity contribution >= 4 is 10.2 Å². The van der Waals surface area contributed by atoms with Gasteiger partial charge in [-0.05, 0) is 12.8 Å². The molecule has 2 atom stereocenters. The highest BCUT2D eigenvalue weighted by atomic mass is 32.2. The first-order chi connectivity index (χ1) is 6.79. The number of aliphatic hydroxyl groups is 1. The van der Waals surface area contributed by atoms with Gasteiger partial charge in [0.25, 0.3) is 10.2 Å². The van der Waals surface area contributed by atoms with Crippen LogP contribution in [0.5, 0.6) is 0 Å². The minimum absolute atomic E-state index is 0.179. The lowest BCUT2D eigenvalue weighted by Gasteiger charge is -2.49. The number of nitrogens with one attached hydrogen (secondary N) is 2. The van der Waals surface area contributed by atoms with E-state index in [0.717, 1.165) is 6.42 Å². The van der Waals surface area contributed by atoms with Crippen LogP contribution in [0.15, 0.2) is 0 Å². The highest BCUT2D eigenvalue weighted by Crippen LogP contribution is 2.40. The van der Waals surface area contributed by atoms with Crippen molar-refractivity contribution in [2.24, 2.45) is 5.41 Å². The Bertz CT molecular complexity index is 313. The van der Waals surface area contributed by atoms with Crippen LogP contribution < -0.4 is 9.44 Å². The molecular formula is C9H20N2O3S. The molecule has 2 unspecified atom stereocenters. The second-order valence-corrected chi connectivity index (χ2v) is 6.17. The second-order valence-electron chi connectivity index (χ2n) is 4.64. The van der Waals surface area contributed by atoms with Crippen molar-refractivity contribution in [3.05, 3.63) is 0 Å². The van der Waals surface area contributed by atoms with Gasteiger partial charge in [-0.2, -0.15) is 13.1 Å². The average molecular weight is 236 g/mol. The standard InChI is InChI=1S/C9H20N2O3S/c1-4-5-10-15(13,14)11-7-6-8(12)9(7,2)3/h7-8,10-12H,4-6H2,1-3H3. The highest BCUT2D eigenvalue weighted by molar-refractivity contribution is 7.87. The molecule has 6 heteroatoms. The lowest BCUT2D eigenvalue weighted by Crippen LogP contribution is -2.62. The molecule has 0 bridgehead atoms. The molecule has 0 heterocycles. The summed E-state index contributed by atoms with van der Waals surface area (Å²) in [6.07, 6.45) is 0.828. The third kappa shape index (κ3) is 2.90. The first-order valence-electron chi connectivity index (χ1n) is 5.24. The molecule has 0 aromatic heterocycles. The molecule has 0 radical (unpaired) electrons. The Morgan fingerprint density at radius 2 is 2.07 bits per heavy atom. The number of hydrogen-bond acceptors (Lipinski definition) is 3. The second kappa shape index (κ2) is 4.37. The number of hydrogen-bond donors (Lipinski definition) is 3. The van der Waals surface area contributed by atoms with Gasteiger partial charge in [-0.15, -0.1) is 0 Å². The number of rotatable bonds is 5. The third-order valence-corrected chi connectivity index (χ3v) is 4.23. The van der Waals surface area contributed by atoms with Crippen molar-refractivity contribution in [1.29, 1.82) is 0 Å². The van der Waals surface area contributed by atoms with Gasteiger partial charge in [-0.1, -0.05) is 20.8 Å².